The van der Waals surface area contributed by atoms with Gasteiger partial charge in [0.1, 0.15) is 11.9 Å². The van der Waals surface area contributed by atoms with Crippen LogP contribution in [-0.2, 0) is 4.79 Å². The molecule has 0 saturated heterocycles. The maximum Gasteiger partial charge on any atom is 0.239 e. The van der Waals surface area contributed by atoms with Crippen LogP contribution < -0.4 is 10.6 Å². The van der Waals surface area contributed by atoms with Crippen LogP contribution in [0.3, 0.4) is 0 Å². The first-order valence-electron chi connectivity index (χ1n) is 5.59. The van der Waals surface area contributed by atoms with Crippen molar-refractivity contribution in [3.8, 4) is 6.07 Å². The highest BCUT2D eigenvalue weighted by Gasteiger charge is 2.23. The van der Waals surface area contributed by atoms with Gasteiger partial charge in [-0.1, -0.05) is 0 Å². The van der Waals surface area contributed by atoms with Gasteiger partial charge < -0.3 is 10.6 Å². The van der Waals surface area contributed by atoms with Crippen molar-refractivity contribution in [3.05, 3.63) is 23.4 Å². The van der Waals surface area contributed by atoms with Gasteiger partial charge in [-0.3, -0.25) is 4.79 Å². The van der Waals surface area contributed by atoms with Crippen LogP contribution in [-0.4, -0.2) is 23.5 Å². The number of carbonyl (C=O) groups is 1. The second kappa shape index (κ2) is 4.83. The minimum absolute atomic E-state index is 0.0558. The molecule has 1 amide bonds. The number of amides is 1. The molecule has 2 rings (SSSR count). The third kappa shape index (κ3) is 2.94. The van der Waals surface area contributed by atoms with Crippen molar-refractivity contribution < 1.29 is 4.79 Å². The number of nitrogens with zero attached hydrogens (tertiary/aromatic N) is 2. The van der Waals surface area contributed by atoms with E-state index in [-0.39, 0.29) is 12.5 Å². The van der Waals surface area contributed by atoms with Crippen LogP contribution in [0.4, 0.5) is 5.82 Å². The molecule has 1 saturated carbocycles. The fourth-order valence-electron chi connectivity index (χ4n) is 1.50. The molecule has 2 N–H and O–H groups in total. The van der Waals surface area contributed by atoms with Gasteiger partial charge in [0.15, 0.2) is 0 Å². The van der Waals surface area contributed by atoms with Crippen molar-refractivity contribution in [2.24, 2.45) is 0 Å². The van der Waals surface area contributed by atoms with E-state index in [2.05, 4.69) is 21.7 Å². The standard InChI is InChI=1S/C12H14N4O/c1-8-4-5-14-12(10(8)6-13)15-7-11(17)16-9-2-3-9/h4-5,9H,2-3,7H2,1H3,(H,14,15)(H,16,17). The van der Waals surface area contributed by atoms with E-state index < -0.39 is 0 Å². The Morgan fingerprint density at radius 3 is 3.06 bits per heavy atom. The molecule has 1 heterocycles. The lowest BCUT2D eigenvalue weighted by Gasteiger charge is -2.08. The zero-order chi connectivity index (χ0) is 12.3. The molecule has 0 spiro atoms. The Hall–Kier alpha value is -2.09. The van der Waals surface area contributed by atoms with E-state index in [1.165, 1.54) is 0 Å². The van der Waals surface area contributed by atoms with Gasteiger partial charge in [0.05, 0.1) is 12.1 Å². The zero-order valence-electron chi connectivity index (χ0n) is 9.66. The van der Waals surface area contributed by atoms with Gasteiger partial charge in [-0.2, -0.15) is 5.26 Å². The number of nitrogens with one attached hydrogen (secondary N) is 2. The van der Waals surface area contributed by atoms with Crippen molar-refractivity contribution in [2.45, 2.75) is 25.8 Å². The molecule has 1 fully saturated rings. The van der Waals surface area contributed by atoms with Gasteiger partial charge in [-0.15, -0.1) is 0 Å². The number of anilines is 1. The van der Waals surface area contributed by atoms with E-state index in [0.29, 0.717) is 17.4 Å². The van der Waals surface area contributed by atoms with Crippen LogP contribution in [0.1, 0.15) is 24.0 Å². The van der Waals surface area contributed by atoms with Crippen molar-refractivity contribution in [2.75, 3.05) is 11.9 Å². The molecule has 1 aromatic rings. The highest BCUT2D eigenvalue weighted by Crippen LogP contribution is 2.18. The number of pyridine rings is 1. The summed E-state index contributed by atoms with van der Waals surface area (Å²) in [6, 6.07) is 4.21. The van der Waals surface area contributed by atoms with E-state index in [9.17, 15) is 4.79 Å². The van der Waals surface area contributed by atoms with Crippen LogP contribution in [0, 0.1) is 18.3 Å². The van der Waals surface area contributed by atoms with Gasteiger partial charge in [0.2, 0.25) is 5.91 Å². The lowest BCUT2D eigenvalue weighted by atomic mass is 10.1. The fourth-order valence-corrected chi connectivity index (χ4v) is 1.50. The number of rotatable bonds is 4. The summed E-state index contributed by atoms with van der Waals surface area (Å²) in [6.07, 6.45) is 3.76. The average Bonchev–Trinajstić information content (AvgIpc) is 3.10. The summed E-state index contributed by atoms with van der Waals surface area (Å²) < 4.78 is 0. The Bertz CT molecular complexity index is 474. The highest BCUT2D eigenvalue weighted by atomic mass is 16.2. The smallest absolute Gasteiger partial charge is 0.239 e. The number of hydrogen-bond donors (Lipinski definition) is 2. The molecule has 0 atom stereocenters. The number of carbonyl (C=O) groups excluding carboxylic acids is 1. The minimum Gasteiger partial charge on any atom is -0.360 e. The van der Waals surface area contributed by atoms with Crippen LogP contribution in [0.2, 0.25) is 0 Å². The first-order valence-corrected chi connectivity index (χ1v) is 5.59. The molecule has 1 aliphatic carbocycles. The summed E-state index contributed by atoms with van der Waals surface area (Å²) in [6.45, 7) is 2.00. The molecule has 0 aliphatic heterocycles. The monoisotopic (exact) mass is 230 g/mol. The Kier molecular flexibility index (Phi) is 3.24. The van der Waals surface area contributed by atoms with Gasteiger partial charge in [0, 0.05) is 12.2 Å². The topological polar surface area (TPSA) is 77.8 Å². The molecule has 0 aromatic carbocycles. The number of aromatic nitrogens is 1. The first kappa shape index (κ1) is 11.4. The van der Waals surface area contributed by atoms with Crippen molar-refractivity contribution in [1.29, 1.82) is 5.26 Å². The van der Waals surface area contributed by atoms with E-state index in [4.69, 9.17) is 5.26 Å². The SMILES string of the molecule is Cc1ccnc(NCC(=O)NC2CC2)c1C#N. The van der Waals surface area contributed by atoms with Crippen molar-refractivity contribution in [1.82, 2.24) is 10.3 Å². The lowest BCUT2D eigenvalue weighted by molar-refractivity contribution is -0.119. The van der Waals surface area contributed by atoms with Crippen LogP contribution >= 0.6 is 0 Å². The molecule has 0 unspecified atom stereocenters. The molecule has 1 aromatic heterocycles. The Morgan fingerprint density at radius 1 is 1.65 bits per heavy atom. The molecule has 17 heavy (non-hydrogen) atoms. The third-order valence-corrected chi connectivity index (χ3v) is 2.63. The van der Waals surface area contributed by atoms with E-state index in [0.717, 1.165) is 18.4 Å². The fraction of sp³-hybridized carbons (Fsp3) is 0.417. The number of aryl methyl sites for hydroxylation is 1. The summed E-state index contributed by atoms with van der Waals surface area (Å²) in [5.41, 5.74) is 1.35. The molecule has 0 radical (unpaired) electrons. The maximum atomic E-state index is 11.5. The second-order valence-electron chi connectivity index (χ2n) is 4.16. The Morgan fingerprint density at radius 2 is 2.41 bits per heavy atom. The summed E-state index contributed by atoms with van der Waals surface area (Å²) in [4.78, 5) is 15.5. The first-order chi connectivity index (χ1) is 8.20. The number of nitriles is 1. The van der Waals surface area contributed by atoms with Crippen LogP contribution in [0.5, 0.6) is 0 Å². The highest BCUT2D eigenvalue weighted by molar-refractivity contribution is 5.81. The average molecular weight is 230 g/mol. The molecule has 88 valence electrons. The molecular weight excluding hydrogens is 216 g/mol. The summed E-state index contributed by atoms with van der Waals surface area (Å²) in [5, 5.41) is 14.7. The third-order valence-electron chi connectivity index (χ3n) is 2.63. The predicted molar refractivity (Wildman–Crippen MR) is 63.3 cm³/mol. The van der Waals surface area contributed by atoms with Gasteiger partial charge in [-0.25, -0.2) is 4.98 Å². The quantitative estimate of drug-likeness (QED) is 0.807. The van der Waals surface area contributed by atoms with Crippen LogP contribution in [0.15, 0.2) is 12.3 Å². The van der Waals surface area contributed by atoms with Gasteiger partial charge in [-0.05, 0) is 31.4 Å². The zero-order valence-corrected chi connectivity index (χ0v) is 9.66. The number of hydrogen-bond acceptors (Lipinski definition) is 4. The van der Waals surface area contributed by atoms with Crippen molar-refractivity contribution in [3.63, 3.8) is 0 Å². The maximum absolute atomic E-state index is 11.5. The second-order valence-corrected chi connectivity index (χ2v) is 4.16. The van der Waals surface area contributed by atoms with Crippen LogP contribution in [0.25, 0.3) is 0 Å². The Balaban J connectivity index is 1.96. The molecule has 5 heteroatoms. The van der Waals surface area contributed by atoms with Gasteiger partial charge >= 0.3 is 0 Å². The van der Waals surface area contributed by atoms with E-state index >= 15 is 0 Å². The minimum atomic E-state index is -0.0558. The Labute approximate surface area is 99.9 Å². The van der Waals surface area contributed by atoms with E-state index in [1.807, 2.05) is 6.92 Å². The summed E-state index contributed by atoms with van der Waals surface area (Å²) in [7, 11) is 0. The van der Waals surface area contributed by atoms with Gasteiger partial charge in [0.25, 0.3) is 0 Å². The largest absolute Gasteiger partial charge is 0.360 e. The van der Waals surface area contributed by atoms with Crippen molar-refractivity contribution >= 4 is 11.7 Å². The summed E-state index contributed by atoms with van der Waals surface area (Å²) >= 11 is 0. The molecule has 5 nitrogen and oxygen atoms in total. The lowest BCUT2D eigenvalue weighted by Crippen LogP contribution is -2.31. The molecular formula is C12H14N4O. The van der Waals surface area contributed by atoms with E-state index in [1.54, 1.807) is 12.3 Å². The normalized spacial score (nSPS) is 13.9. The summed E-state index contributed by atoms with van der Waals surface area (Å²) in [5.74, 6) is 0.415. The predicted octanol–water partition coefficient (Wildman–Crippen LogP) is 0.952. The molecule has 1 aliphatic rings. The molecule has 0 bridgehead atoms.